The summed E-state index contributed by atoms with van der Waals surface area (Å²) in [6, 6.07) is 13.4. The standard InChI is InChI=1S/C16H15FN2O/c17-11-3-7-13(8-4-11)19-16(20)15-9-14(15)10-1-5-12(18)6-2-10/h1-8,14-15H,9,18H2,(H,19,20)/t14-,15?/m0/s1. The number of rotatable bonds is 3. The van der Waals surface area contributed by atoms with Gasteiger partial charge in [-0.2, -0.15) is 0 Å². The first kappa shape index (κ1) is 12.7. The maximum atomic E-state index is 12.8. The Morgan fingerprint density at radius 3 is 2.40 bits per heavy atom. The summed E-state index contributed by atoms with van der Waals surface area (Å²) in [6.07, 6.45) is 0.844. The largest absolute Gasteiger partial charge is 0.399 e. The van der Waals surface area contributed by atoms with Crippen LogP contribution in [-0.2, 0) is 4.79 Å². The van der Waals surface area contributed by atoms with Crippen LogP contribution in [0.5, 0.6) is 0 Å². The molecule has 0 saturated heterocycles. The molecule has 0 spiro atoms. The Bertz CT molecular complexity index is 622. The number of benzene rings is 2. The lowest BCUT2D eigenvalue weighted by Gasteiger charge is -2.05. The summed E-state index contributed by atoms with van der Waals surface area (Å²) in [7, 11) is 0. The van der Waals surface area contributed by atoms with Crippen molar-refractivity contribution in [3.05, 3.63) is 59.9 Å². The molecule has 1 aliphatic rings. The van der Waals surface area contributed by atoms with Crippen molar-refractivity contribution in [2.75, 3.05) is 11.1 Å². The molecule has 0 radical (unpaired) electrons. The number of halogens is 1. The minimum Gasteiger partial charge on any atom is -0.399 e. The van der Waals surface area contributed by atoms with E-state index in [0.29, 0.717) is 5.69 Å². The first-order valence-electron chi connectivity index (χ1n) is 6.55. The molecule has 0 heterocycles. The van der Waals surface area contributed by atoms with Crippen LogP contribution in [0.4, 0.5) is 15.8 Å². The van der Waals surface area contributed by atoms with E-state index < -0.39 is 0 Å². The maximum Gasteiger partial charge on any atom is 0.228 e. The second kappa shape index (κ2) is 4.96. The van der Waals surface area contributed by atoms with E-state index in [4.69, 9.17) is 5.73 Å². The highest BCUT2D eigenvalue weighted by Gasteiger charge is 2.43. The fourth-order valence-corrected chi connectivity index (χ4v) is 2.36. The summed E-state index contributed by atoms with van der Waals surface area (Å²) in [5, 5.41) is 2.81. The maximum absolute atomic E-state index is 12.8. The fourth-order valence-electron chi connectivity index (χ4n) is 2.36. The Balaban J connectivity index is 1.62. The van der Waals surface area contributed by atoms with E-state index in [0.717, 1.165) is 17.7 Å². The summed E-state index contributed by atoms with van der Waals surface area (Å²) in [6.45, 7) is 0. The summed E-state index contributed by atoms with van der Waals surface area (Å²) in [4.78, 5) is 12.1. The van der Waals surface area contributed by atoms with Crippen molar-refractivity contribution >= 4 is 17.3 Å². The number of nitrogens with one attached hydrogen (secondary N) is 1. The van der Waals surface area contributed by atoms with Crippen LogP contribution >= 0.6 is 0 Å². The third-order valence-electron chi connectivity index (χ3n) is 3.60. The summed E-state index contributed by atoms with van der Waals surface area (Å²) >= 11 is 0. The predicted molar refractivity (Wildman–Crippen MR) is 76.7 cm³/mol. The highest BCUT2D eigenvalue weighted by atomic mass is 19.1. The van der Waals surface area contributed by atoms with Crippen LogP contribution < -0.4 is 11.1 Å². The van der Waals surface area contributed by atoms with Gasteiger partial charge in [0.2, 0.25) is 5.91 Å². The highest BCUT2D eigenvalue weighted by molar-refractivity contribution is 5.95. The molecule has 3 rings (SSSR count). The van der Waals surface area contributed by atoms with E-state index in [1.165, 1.54) is 12.1 Å². The number of hydrogen-bond donors (Lipinski definition) is 2. The molecule has 2 aromatic carbocycles. The van der Waals surface area contributed by atoms with Crippen molar-refractivity contribution in [3.8, 4) is 0 Å². The van der Waals surface area contributed by atoms with Gasteiger partial charge in [0.05, 0.1) is 0 Å². The average Bonchev–Trinajstić information content (AvgIpc) is 3.23. The zero-order valence-corrected chi connectivity index (χ0v) is 10.8. The molecule has 20 heavy (non-hydrogen) atoms. The Hall–Kier alpha value is -2.36. The molecule has 0 bridgehead atoms. The Morgan fingerprint density at radius 1 is 1.10 bits per heavy atom. The Kier molecular flexibility index (Phi) is 3.14. The van der Waals surface area contributed by atoms with Crippen molar-refractivity contribution < 1.29 is 9.18 Å². The summed E-state index contributed by atoms with van der Waals surface area (Å²) < 4.78 is 12.8. The molecule has 1 amide bonds. The molecule has 3 nitrogen and oxygen atoms in total. The van der Waals surface area contributed by atoms with Gasteiger partial charge in [-0.25, -0.2) is 4.39 Å². The lowest BCUT2D eigenvalue weighted by Crippen LogP contribution is -2.14. The summed E-state index contributed by atoms with van der Waals surface area (Å²) in [5.41, 5.74) is 8.13. The van der Waals surface area contributed by atoms with Crippen molar-refractivity contribution in [3.63, 3.8) is 0 Å². The average molecular weight is 270 g/mol. The molecule has 2 atom stereocenters. The van der Waals surface area contributed by atoms with Crippen LogP contribution in [0.3, 0.4) is 0 Å². The first-order valence-corrected chi connectivity index (χ1v) is 6.55. The Morgan fingerprint density at radius 2 is 1.75 bits per heavy atom. The van der Waals surface area contributed by atoms with Gasteiger partial charge in [-0.1, -0.05) is 12.1 Å². The number of anilines is 2. The molecule has 1 unspecified atom stereocenters. The van der Waals surface area contributed by atoms with E-state index in [1.54, 1.807) is 12.1 Å². The number of nitrogens with two attached hydrogens (primary N) is 1. The van der Waals surface area contributed by atoms with Gasteiger partial charge in [0.25, 0.3) is 0 Å². The van der Waals surface area contributed by atoms with Gasteiger partial charge in [-0.05, 0) is 54.3 Å². The van der Waals surface area contributed by atoms with Gasteiger partial charge in [0, 0.05) is 17.3 Å². The van der Waals surface area contributed by atoms with E-state index in [2.05, 4.69) is 5.32 Å². The van der Waals surface area contributed by atoms with Crippen molar-refractivity contribution in [1.29, 1.82) is 0 Å². The molecule has 102 valence electrons. The van der Waals surface area contributed by atoms with Crippen LogP contribution in [0.2, 0.25) is 0 Å². The van der Waals surface area contributed by atoms with Gasteiger partial charge in [0.1, 0.15) is 5.82 Å². The number of carbonyl (C=O) groups is 1. The second-order valence-electron chi connectivity index (χ2n) is 5.11. The van der Waals surface area contributed by atoms with Crippen LogP contribution in [0.1, 0.15) is 17.9 Å². The number of hydrogen-bond acceptors (Lipinski definition) is 2. The fraction of sp³-hybridized carbons (Fsp3) is 0.188. The van der Waals surface area contributed by atoms with Gasteiger partial charge in [-0.3, -0.25) is 4.79 Å². The molecule has 2 aromatic rings. The predicted octanol–water partition coefficient (Wildman–Crippen LogP) is 3.15. The molecular weight excluding hydrogens is 255 g/mol. The third kappa shape index (κ3) is 2.64. The quantitative estimate of drug-likeness (QED) is 0.842. The molecule has 1 aliphatic carbocycles. The second-order valence-corrected chi connectivity index (χ2v) is 5.11. The molecule has 0 aromatic heterocycles. The topological polar surface area (TPSA) is 55.1 Å². The summed E-state index contributed by atoms with van der Waals surface area (Å²) in [5.74, 6) is -0.0765. The van der Waals surface area contributed by atoms with Crippen LogP contribution in [0, 0.1) is 11.7 Å². The third-order valence-corrected chi connectivity index (χ3v) is 3.60. The molecule has 3 N–H and O–H groups in total. The van der Waals surface area contributed by atoms with E-state index in [1.807, 2.05) is 24.3 Å². The Labute approximate surface area is 116 Å². The molecule has 1 saturated carbocycles. The van der Waals surface area contributed by atoms with Gasteiger partial charge in [0.15, 0.2) is 0 Å². The number of amides is 1. The molecule has 1 fully saturated rings. The van der Waals surface area contributed by atoms with Crippen molar-refractivity contribution in [2.24, 2.45) is 5.92 Å². The number of nitrogen functional groups attached to an aromatic ring is 1. The van der Waals surface area contributed by atoms with Crippen LogP contribution in [-0.4, -0.2) is 5.91 Å². The highest BCUT2D eigenvalue weighted by Crippen LogP contribution is 2.48. The minimum atomic E-state index is -0.311. The zero-order valence-electron chi connectivity index (χ0n) is 10.8. The van der Waals surface area contributed by atoms with Gasteiger partial charge in [-0.15, -0.1) is 0 Å². The van der Waals surface area contributed by atoms with E-state index >= 15 is 0 Å². The monoisotopic (exact) mass is 270 g/mol. The van der Waals surface area contributed by atoms with Crippen LogP contribution in [0.15, 0.2) is 48.5 Å². The van der Waals surface area contributed by atoms with Gasteiger partial charge < -0.3 is 11.1 Å². The van der Waals surface area contributed by atoms with Gasteiger partial charge >= 0.3 is 0 Å². The zero-order chi connectivity index (χ0) is 14.1. The smallest absolute Gasteiger partial charge is 0.228 e. The molecule has 4 heteroatoms. The SMILES string of the molecule is Nc1ccc([C@@H]2CC2C(=O)Nc2ccc(F)cc2)cc1. The molecular formula is C16H15FN2O. The van der Waals surface area contributed by atoms with Crippen molar-refractivity contribution in [1.82, 2.24) is 0 Å². The minimum absolute atomic E-state index is 0.0105. The first-order chi connectivity index (χ1) is 9.63. The van der Waals surface area contributed by atoms with E-state index in [9.17, 15) is 9.18 Å². The van der Waals surface area contributed by atoms with Crippen LogP contribution in [0.25, 0.3) is 0 Å². The number of carbonyl (C=O) groups excluding carboxylic acids is 1. The van der Waals surface area contributed by atoms with E-state index in [-0.39, 0.29) is 23.6 Å². The normalized spacial score (nSPS) is 20.4. The lowest BCUT2D eigenvalue weighted by atomic mass is 10.1. The van der Waals surface area contributed by atoms with Crippen molar-refractivity contribution in [2.45, 2.75) is 12.3 Å². The lowest BCUT2D eigenvalue weighted by molar-refractivity contribution is -0.117. The molecule has 0 aliphatic heterocycles.